The molecule has 0 aromatic heterocycles. The number of rotatable bonds is 7. The number of carbonyl (C=O) groups excluding carboxylic acids is 2. The molecule has 0 radical (unpaired) electrons. The number of hydrogen-bond acceptors (Lipinski definition) is 5. The molecular weight excluding hydrogens is 491 g/mol. The molecule has 5 nitrogen and oxygen atoms in total. The minimum Gasteiger partial charge on any atom is -0.496 e. The van der Waals surface area contributed by atoms with E-state index in [4.69, 9.17) is 9.47 Å². The van der Waals surface area contributed by atoms with Crippen LogP contribution in [0.5, 0.6) is 11.5 Å². The number of ether oxygens (including phenoxy) is 2. The summed E-state index contributed by atoms with van der Waals surface area (Å²) in [6.07, 6.45) is 0. The van der Waals surface area contributed by atoms with Crippen LogP contribution in [0, 0.1) is 20.8 Å². The van der Waals surface area contributed by atoms with Crippen LogP contribution in [-0.4, -0.2) is 25.3 Å². The van der Waals surface area contributed by atoms with Crippen LogP contribution in [0.1, 0.15) is 37.4 Å². The highest BCUT2D eigenvalue weighted by molar-refractivity contribution is 9.10. The second kappa shape index (κ2) is 9.43. The number of carbonyl (C=O) groups is 2. The predicted octanol–water partition coefficient (Wildman–Crippen LogP) is 6.06. The molecule has 0 aliphatic heterocycles. The molecule has 166 valence electrons. The van der Waals surface area contributed by atoms with Gasteiger partial charge in [0.2, 0.25) is 18.2 Å². The Morgan fingerprint density at radius 2 is 1.38 bits per heavy atom. The van der Waals surface area contributed by atoms with Gasteiger partial charge in [0.05, 0.1) is 18.7 Å². The fraction of sp³-hybridized carbons (Fsp3) is 0.200. The maximum absolute atomic E-state index is 14.6. The molecule has 0 aliphatic rings. The van der Waals surface area contributed by atoms with Crippen molar-refractivity contribution < 1.29 is 23.6 Å². The van der Waals surface area contributed by atoms with Gasteiger partial charge in [0.15, 0.2) is 0 Å². The van der Waals surface area contributed by atoms with Gasteiger partial charge in [-0.2, -0.15) is 0 Å². The van der Waals surface area contributed by atoms with E-state index >= 15 is 0 Å². The Kier molecular flexibility index (Phi) is 7.06. The second-order valence-corrected chi connectivity index (χ2v) is 10.9. The first-order valence-electron chi connectivity index (χ1n) is 9.90. The largest absolute Gasteiger partial charge is 0.496 e. The third-order valence-corrected chi connectivity index (χ3v) is 8.53. The lowest BCUT2D eigenvalue weighted by Gasteiger charge is -2.21. The SMILES string of the molecule is COc1ccc(Br)c(OC)c1C(=O)P(=O)(C(=O)c1c(C)cc(C)cc1C)c1ccccc1. The number of halogens is 1. The Balaban J connectivity index is 2.36. The van der Waals surface area contributed by atoms with Crippen LogP contribution in [0.15, 0.2) is 59.1 Å². The molecule has 0 bridgehead atoms. The van der Waals surface area contributed by atoms with E-state index in [2.05, 4.69) is 15.9 Å². The van der Waals surface area contributed by atoms with Crippen LogP contribution in [0.2, 0.25) is 0 Å². The summed E-state index contributed by atoms with van der Waals surface area (Å²) in [4.78, 5) is 28.0. The number of aryl methyl sites for hydroxylation is 3. The fourth-order valence-electron chi connectivity index (χ4n) is 3.91. The molecule has 1 atom stereocenters. The Hall–Kier alpha value is -2.69. The van der Waals surface area contributed by atoms with Crippen LogP contribution in [-0.2, 0) is 4.57 Å². The van der Waals surface area contributed by atoms with E-state index < -0.39 is 18.2 Å². The molecular formula is C25H24BrO5P. The van der Waals surface area contributed by atoms with E-state index in [-0.39, 0.29) is 22.4 Å². The zero-order chi connectivity index (χ0) is 23.6. The monoisotopic (exact) mass is 514 g/mol. The number of methoxy groups -OCH3 is 2. The standard InChI is InChI=1S/C25H24BrO5P/c1-15-13-16(2)21(17(3)14-15)24(27)32(29,18-9-7-6-8-10-18)25(28)22-20(30-4)12-11-19(26)23(22)31-5/h6-14H,1-5H3. The normalized spacial score (nSPS) is 12.7. The zero-order valence-corrected chi connectivity index (χ0v) is 21.0. The molecule has 0 N–H and O–H groups in total. The van der Waals surface area contributed by atoms with E-state index in [9.17, 15) is 14.2 Å². The van der Waals surface area contributed by atoms with E-state index in [0.29, 0.717) is 21.2 Å². The van der Waals surface area contributed by atoms with Crippen LogP contribution < -0.4 is 14.8 Å². The predicted molar refractivity (Wildman–Crippen MR) is 130 cm³/mol. The summed E-state index contributed by atoms with van der Waals surface area (Å²) in [6.45, 7) is 5.49. The van der Waals surface area contributed by atoms with E-state index in [1.807, 2.05) is 19.1 Å². The van der Waals surface area contributed by atoms with Crippen molar-refractivity contribution in [1.82, 2.24) is 0 Å². The van der Waals surface area contributed by atoms with Gasteiger partial charge in [-0.25, -0.2) is 0 Å². The van der Waals surface area contributed by atoms with Crippen molar-refractivity contribution in [3.8, 4) is 11.5 Å². The van der Waals surface area contributed by atoms with Crippen molar-refractivity contribution >= 4 is 39.4 Å². The molecule has 7 heteroatoms. The summed E-state index contributed by atoms with van der Waals surface area (Å²) >= 11 is 3.37. The number of benzene rings is 3. The minimum absolute atomic E-state index is 0.0349. The van der Waals surface area contributed by atoms with Gasteiger partial charge in [0.25, 0.3) is 0 Å². The summed E-state index contributed by atoms with van der Waals surface area (Å²) in [5.74, 6) is 0.340. The van der Waals surface area contributed by atoms with Gasteiger partial charge < -0.3 is 14.0 Å². The highest BCUT2D eigenvalue weighted by Crippen LogP contribution is 2.55. The Morgan fingerprint density at radius 3 is 1.91 bits per heavy atom. The lowest BCUT2D eigenvalue weighted by molar-refractivity contribution is 0.103. The summed E-state index contributed by atoms with van der Waals surface area (Å²) in [6, 6.07) is 15.1. The van der Waals surface area contributed by atoms with E-state index in [0.717, 1.165) is 5.56 Å². The van der Waals surface area contributed by atoms with Crippen molar-refractivity contribution in [3.63, 3.8) is 0 Å². The molecule has 0 saturated carbocycles. The average Bonchev–Trinajstić information content (AvgIpc) is 2.77. The van der Waals surface area contributed by atoms with Gasteiger partial charge in [-0.1, -0.05) is 48.0 Å². The molecule has 0 fully saturated rings. The highest BCUT2D eigenvalue weighted by atomic mass is 79.9. The summed E-state index contributed by atoms with van der Waals surface area (Å²) in [7, 11) is -1.52. The van der Waals surface area contributed by atoms with Crippen molar-refractivity contribution in [3.05, 3.63) is 86.9 Å². The molecule has 0 aliphatic carbocycles. The Morgan fingerprint density at radius 1 is 0.812 bits per heavy atom. The van der Waals surface area contributed by atoms with E-state index in [1.165, 1.54) is 14.2 Å². The maximum atomic E-state index is 14.6. The zero-order valence-electron chi connectivity index (χ0n) is 18.6. The first kappa shape index (κ1) is 24.0. The van der Waals surface area contributed by atoms with Crippen LogP contribution in [0.4, 0.5) is 0 Å². The molecule has 1 unspecified atom stereocenters. The van der Waals surface area contributed by atoms with Gasteiger partial charge in [0, 0.05) is 10.9 Å². The van der Waals surface area contributed by atoms with Crippen LogP contribution in [0.25, 0.3) is 0 Å². The number of hydrogen-bond donors (Lipinski definition) is 0. The summed E-state index contributed by atoms with van der Waals surface area (Å²) in [5.41, 5.74) is 1.05. The van der Waals surface area contributed by atoms with Gasteiger partial charge in [-0.3, -0.25) is 9.59 Å². The van der Waals surface area contributed by atoms with Crippen molar-refractivity contribution in [2.75, 3.05) is 14.2 Å². The molecule has 0 heterocycles. The highest BCUT2D eigenvalue weighted by Gasteiger charge is 2.46. The topological polar surface area (TPSA) is 69.7 Å². The second-order valence-electron chi connectivity index (χ2n) is 7.49. The molecule has 0 amide bonds. The molecule has 0 spiro atoms. The smallest absolute Gasteiger partial charge is 0.249 e. The third kappa shape index (κ3) is 4.05. The Labute approximate surface area is 196 Å². The Bertz CT molecular complexity index is 1230. The van der Waals surface area contributed by atoms with Crippen LogP contribution >= 0.6 is 23.1 Å². The minimum atomic E-state index is -4.33. The first-order valence-corrected chi connectivity index (χ1v) is 12.4. The maximum Gasteiger partial charge on any atom is 0.249 e. The van der Waals surface area contributed by atoms with E-state index in [1.54, 1.807) is 56.3 Å². The van der Waals surface area contributed by atoms with Crippen molar-refractivity contribution in [1.29, 1.82) is 0 Å². The van der Waals surface area contributed by atoms with Gasteiger partial charge in [-0.05, 0) is 60.0 Å². The lowest BCUT2D eigenvalue weighted by Crippen LogP contribution is -2.22. The average molecular weight is 515 g/mol. The molecule has 0 saturated heterocycles. The molecule has 3 aromatic rings. The first-order chi connectivity index (χ1) is 15.2. The third-order valence-electron chi connectivity index (χ3n) is 5.29. The van der Waals surface area contributed by atoms with Crippen molar-refractivity contribution in [2.24, 2.45) is 0 Å². The molecule has 3 aromatic carbocycles. The lowest BCUT2D eigenvalue weighted by atomic mass is 10.0. The van der Waals surface area contributed by atoms with Crippen molar-refractivity contribution in [2.45, 2.75) is 20.8 Å². The summed E-state index contributed by atoms with van der Waals surface area (Å²) < 4.78 is 25.9. The van der Waals surface area contributed by atoms with Gasteiger partial charge in [-0.15, -0.1) is 0 Å². The van der Waals surface area contributed by atoms with Gasteiger partial charge >= 0.3 is 0 Å². The fourth-order valence-corrected chi connectivity index (χ4v) is 6.84. The molecule has 32 heavy (non-hydrogen) atoms. The van der Waals surface area contributed by atoms with Gasteiger partial charge in [0.1, 0.15) is 17.1 Å². The summed E-state index contributed by atoms with van der Waals surface area (Å²) in [5, 5.41) is 0.165. The molecule has 3 rings (SSSR count). The quantitative estimate of drug-likeness (QED) is 0.358. The van der Waals surface area contributed by atoms with Crippen LogP contribution in [0.3, 0.4) is 0 Å².